The molecule has 1 saturated heterocycles. The molecule has 28 heavy (non-hydrogen) atoms. The molecule has 0 bridgehead atoms. The van der Waals surface area contributed by atoms with Crippen LogP contribution in [0.15, 0.2) is 42.5 Å². The number of rotatable bonds is 3. The van der Waals surface area contributed by atoms with Crippen molar-refractivity contribution in [3.8, 4) is 5.75 Å². The van der Waals surface area contributed by atoms with Gasteiger partial charge in [-0.1, -0.05) is 48.3 Å². The number of ether oxygens (including phenoxy) is 1. The number of halogens is 2. The summed E-state index contributed by atoms with van der Waals surface area (Å²) in [5.74, 6) is 1.52. The zero-order valence-electron chi connectivity index (χ0n) is 16.3. The van der Waals surface area contributed by atoms with E-state index in [1.807, 2.05) is 24.3 Å². The third kappa shape index (κ3) is 3.09. The van der Waals surface area contributed by atoms with Crippen molar-refractivity contribution in [2.24, 2.45) is 11.3 Å². The van der Waals surface area contributed by atoms with E-state index in [1.165, 1.54) is 5.56 Å². The van der Waals surface area contributed by atoms with Gasteiger partial charge in [0.05, 0.1) is 12.5 Å². The number of methoxy groups -OCH3 is 1. The van der Waals surface area contributed by atoms with E-state index >= 15 is 0 Å². The molecule has 2 aromatic carbocycles. The third-order valence-electron chi connectivity index (χ3n) is 6.81. The highest BCUT2D eigenvalue weighted by atomic mass is 35.5. The molecule has 1 saturated carbocycles. The summed E-state index contributed by atoms with van der Waals surface area (Å²) in [4.78, 5) is 12.8. The van der Waals surface area contributed by atoms with E-state index in [0.29, 0.717) is 0 Å². The molecule has 1 N–H and O–H groups in total. The summed E-state index contributed by atoms with van der Waals surface area (Å²) >= 11 is 12.8. The van der Waals surface area contributed by atoms with Crippen molar-refractivity contribution >= 4 is 29.1 Å². The maximum atomic E-state index is 12.8. The molecule has 5 heteroatoms. The molecule has 2 aliphatic rings. The topological polar surface area (TPSA) is 38.3 Å². The molecule has 4 rings (SSSR count). The first-order valence-electron chi connectivity index (χ1n) is 9.75. The molecule has 2 fully saturated rings. The molecule has 1 aliphatic heterocycles. The Hall–Kier alpha value is -1.71. The molecule has 0 aromatic heterocycles. The van der Waals surface area contributed by atoms with Gasteiger partial charge in [-0.05, 0) is 67.0 Å². The maximum Gasteiger partial charge on any atom is 0.226 e. The standard InChI is InChI=1S/C23H25Cl2NO2/c1-13-21-20(14-4-6-15(24)7-5-14)18(10-11-23(21,2)22(27)26-13)17-9-8-16(28-3)12-19(17)25/h4-9,12-13,18,20-21H,10-11H2,1-3H3,(H,26,27)/t13-,18+,20+,21+,23-/m1/s1. The summed E-state index contributed by atoms with van der Waals surface area (Å²) in [5, 5.41) is 4.63. The summed E-state index contributed by atoms with van der Waals surface area (Å²) in [7, 11) is 1.64. The van der Waals surface area contributed by atoms with Gasteiger partial charge in [-0.2, -0.15) is 0 Å². The van der Waals surface area contributed by atoms with Crippen LogP contribution < -0.4 is 10.1 Å². The molecule has 2 aromatic rings. The number of hydrogen-bond donors (Lipinski definition) is 1. The Kier molecular flexibility index (Phi) is 5.09. The van der Waals surface area contributed by atoms with E-state index in [4.69, 9.17) is 27.9 Å². The second kappa shape index (κ2) is 7.27. The van der Waals surface area contributed by atoms with Crippen LogP contribution in [0.5, 0.6) is 5.75 Å². The largest absolute Gasteiger partial charge is 0.497 e. The highest BCUT2D eigenvalue weighted by molar-refractivity contribution is 6.31. The quantitative estimate of drug-likeness (QED) is 0.684. The van der Waals surface area contributed by atoms with E-state index in [2.05, 4.69) is 37.4 Å². The monoisotopic (exact) mass is 417 g/mol. The highest BCUT2D eigenvalue weighted by Gasteiger charge is 2.57. The van der Waals surface area contributed by atoms with Gasteiger partial charge in [-0.25, -0.2) is 0 Å². The smallest absolute Gasteiger partial charge is 0.226 e. The first-order valence-corrected chi connectivity index (χ1v) is 10.5. The molecule has 1 amide bonds. The van der Waals surface area contributed by atoms with Gasteiger partial charge in [0.1, 0.15) is 5.75 Å². The summed E-state index contributed by atoms with van der Waals surface area (Å²) in [6.45, 7) is 4.24. The van der Waals surface area contributed by atoms with E-state index in [1.54, 1.807) is 7.11 Å². The van der Waals surface area contributed by atoms with Crippen LogP contribution in [0.25, 0.3) is 0 Å². The predicted octanol–water partition coefficient (Wildman–Crippen LogP) is 5.80. The minimum absolute atomic E-state index is 0.109. The molecular formula is C23H25Cl2NO2. The Morgan fingerprint density at radius 3 is 2.50 bits per heavy atom. The van der Waals surface area contributed by atoms with Gasteiger partial charge in [0.15, 0.2) is 0 Å². The fourth-order valence-electron chi connectivity index (χ4n) is 5.45. The SMILES string of the molecule is COc1ccc([C@@H]2CC[C@@]3(C)C(=O)N[C@H](C)[C@H]3[C@H]2c2ccc(Cl)cc2)c(Cl)c1. The number of carbonyl (C=O) groups is 1. The molecule has 5 atom stereocenters. The molecular weight excluding hydrogens is 393 g/mol. The number of fused-ring (bicyclic) bond motifs is 1. The first-order chi connectivity index (χ1) is 13.3. The van der Waals surface area contributed by atoms with Crippen molar-refractivity contribution in [3.63, 3.8) is 0 Å². The van der Waals surface area contributed by atoms with Crippen molar-refractivity contribution < 1.29 is 9.53 Å². The van der Waals surface area contributed by atoms with Crippen molar-refractivity contribution in [2.75, 3.05) is 7.11 Å². The Labute approximate surface area is 176 Å². The van der Waals surface area contributed by atoms with Crippen LogP contribution in [0.1, 0.15) is 49.7 Å². The molecule has 0 spiro atoms. The lowest BCUT2D eigenvalue weighted by atomic mass is 9.56. The van der Waals surface area contributed by atoms with Gasteiger partial charge < -0.3 is 10.1 Å². The highest BCUT2D eigenvalue weighted by Crippen LogP contribution is 2.59. The lowest BCUT2D eigenvalue weighted by molar-refractivity contribution is -0.129. The van der Waals surface area contributed by atoms with Crippen LogP contribution in [0.2, 0.25) is 10.0 Å². The van der Waals surface area contributed by atoms with E-state index in [9.17, 15) is 4.79 Å². The van der Waals surface area contributed by atoms with Gasteiger partial charge in [0.2, 0.25) is 5.91 Å². The number of benzene rings is 2. The second-order valence-electron chi connectivity index (χ2n) is 8.32. The average Bonchev–Trinajstić information content (AvgIpc) is 2.91. The fraction of sp³-hybridized carbons (Fsp3) is 0.435. The van der Waals surface area contributed by atoms with Gasteiger partial charge in [0.25, 0.3) is 0 Å². The lowest BCUT2D eigenvalue weighted by Gasteiger charge is -2.46. The van der Waals surface area contributed by atoms with Gasteiger partial charge in [-0.15, -0.1) is 0 Å². The summed E-state index contributed by atoms with van der Waals surface area (Å²) in [5.41, 5.74) is 1.97. The molecule has 3 nitrogen and oxygen atoms in total. The summed E-state index contributed by atoms with van der Waals surface area (Å²) < 4.78 is 5.32. The maximum absolute atomic E-state index is 12.8. The Morgan fingerprint density at radius 1 is 1.14 bits per heavy atom. The van der Waals surface area contributed by atoms with Crippen LogP contribution in [0.3, 0.4) is 0 Å². The summed E-state index contributed by atoms with van der Waals surface area (Å²) in [6, 6.07) is 14.1. The fourth-order valence-corrected chi connectivity index (χ4v) is 5.88. The van der Waals surface area contributed by atoms with Crippen LogP contribution in [0.4, 0.5) is 0 Å². The molecule has 0 radical (unpaired) electrons. The van der Waals surface area contributed by atoms with Gasteiger partial charge >= 0.3 is 0 Å². The Bertz CT molecular complexity index is 898. The third-order valence-corrected chi connectivity index (χ3v) is 7.39. The van der Waals surface area contributed by atoms with Gasteiger partial charge in [0, 0.05) is 22.0 Å². The number of carbonyl (C=O) groups excluding carboxylic acids is 1. The van der Waals surface area contributed by atoms with Crippen molar-refractivity contribution in [1.82, 2.24) is 5.32 Å². The molecule has 0 unspecified atom stereocenters. The predicted molar refractivity (Wildman–Crippen MR) is 113 cm³/mol. The average molecular weight is 418 g/mol. The zero-order chi connectivity index (χ0) is 20.1. The Balaban J connectivity index is 1.84. The van der Waals surface area contributed by atoms with Gasteiger partial charge in [-0.3, -0.25) is 4.79 Å². The van der Waals surface area contributed by atoms with E-state index < -0.39 is 0 Å². The summed E-state index contributed by atoms with van der Waals surface area (Å²) in [6.07, 6.45) is 1.76. The first kappa shape index (κ1) is 19.6. The Morgan fingerprint density at radius 2 is 1.86 bits per heavy atom. The van der Waals surface area contributed by atoms with Crippen molar-refractivity contribution in [1.29, 1.82) is 0 Å². The number of amides is 1. The minimum Gasteiger partial charge on any atom is -0.497 e. The van der Waals surface area contributed by atoms with Crippen LogP contribution in [0, 0.1) is 11.3 Å². The normalized spacial score (nSPS) is 32.0. The number of hydrogen-bond acceptors (Lipinski definition) is 2. The van der Waals surface area contributed by atoms with Crippen LogP contribution >= 0.6 is 23.2 Å². The lowest BCUT2D eigenvalue weighted by Crippen LogP contribution is -2.42. The molecule has 1 heterocycles. The molecule has 1 aliphatic carbocycles. The van der Waals surface area contributed by atoms with Crippen molar-refractivity contribution in [3.05, 3.63) is 63.6 Å². The van der Waals surface area contributed by atoms with Crippen LogP contribution in [-0.2, 0) is 4.79 Å². The second-order valence-corrected chi connectivity index (χ2v) is 9.16. The minimum atomic E-state index is -0.362. The van der Waals surface area contributed by atoms with Crippen LogP contribution in [-0.4, -0.2) is 19.1 Å². The molecule has 148 valence electrons. The van der Waals surface area contributed by atoms with E-state index in [0.717, 1.165) is 34.2 Å². The number of nitrogens with one attached hydrogen (secondary N) is 1. The van der Waals surface area contributed by atoms with E-state index in [-0.39, 0.29) is 35.1 Å². The van der Waals surface area contributed by atoms with Crippen molar-refractivity contribution in [2.45, 2.75) is 44.6 Å². The zero-order valence-corrected chi connectivity index (χ0v) is 17.8.